The maximum absolute atomic E-state index is 13.0. The lowest BCUT2D eigenvalue weighted by Crippen LogP contribution is -2.51. The molecule has 2 aliphatic rings. The Morgan fingerprint density at radius 1 is 1.03 bits per heavy atom. The van der Waals surface area contributed by atoms with Gasteiger partial charge in [-0.25, -0.2) is 8.42 Å². The predicted octanol–water partition coefficient (Wildman–Crippen LogP) is 2.33. The highest BCUT2D eigenvalue weighted by Crippen LogP contribution is 2.33. The van der Waals surface area contributed by atoms with Crippen LogP contribution in [0.15, 0.2) is 41.3 Å². The Kier molecular flexibility index (Phi) is 6.27. The van der Waals surface area contributed by atoms with Gasteiger partial charge < -0.3 is 19.1 Å². The Labute approximate surface area is 186 Å². The second kappa shape index (κ2) is 8.94. The maximum atomic E-state index is 13.0. The van der Waals surface area contributed by atoms with Crippen molar-refractivity contribution in [2.24, 2.45) is 0 Å². The molecule has 4 rings (SSSR count). The van der Waals surface area contributed by atoms with Crippen LogP contribution >= 0.6 is 11.6 Å². The molecule has 0 atom stereocenters. The van der Waals surface area contributed by atoms with E-state index < -0.39 is 10.0 Å². The molecule has 1 amide bonds. The summed E-state index contributed by atoms with van der Waals surface area (Å²) < 4.78 is 43.9. The van der Waals surface area contributed by atoms with Crippen molar-refractivity contribution in [2.45, 2.75) is 11.8 Å². The fraction of sp³-hybridized carbons (Fsp3) is 0.381. The number of carbonyl (C=O) groups excluding carboxylic acids is 1. The molecule has 8 nitrogen and oxygen atoms in total. The second-order valence-electron chi connectivity index (χ2n) is 7.29. The Morgan fingerprint density at radius 3 is 2.45 bits per heavy atom. The number of sulfonamides is 1. The van der Waals surface area contributed by atoms with Crippen LogP contribution in [0.4, 0.5) is 0 Å². The topological polar surface area (TPSA) is 85.4 Å². The van der Waals surface area contributed by atoms with Gasteiger partial charge in [0.05, 0.1) is 4.90 Å². The minimum absolute atomic E-state index is 0.115. The number of carbonyl (C=O) groups is 1. The van der Waals surface area contributed by atoms with Gasteiger partial charge in [0.15, 0.2) is 18.1 Å². The molecule has 0 saturated carbocycles. The summed E-state index contributed by atoms with van der Waals surface area (Å²) in [5, 5.41) is 0.633. The zero-order chi connectivity index (χ0) is 22.0. The average molecular weight is 467 g/mol. The average Bonchev–Trinajstić information content (AvgIpc) is 2.79. The lowest BCUT2D eigenvalue weighted by atomic mass is 10.2. The van der Waals surface area contributed by atoms with Gasteiger partial charge in [-0.1, -0.05) is 11.6 Å². The molecular weight excluding hydrogens is 444 g/mol. The first-order valence-corrected chi connectivity index (χ1v) is 11.7. The van der Waals surface area contributed by atoms with E-state index in [4.69, 9.17) is 25.8 Å². The molecule has 166 valence electrons. The minimum Gasteiger partial charge on any atom is -0.486 e. The highest BCUT2D eigenvalue weighted by Gasteiger charge is 2.31. The minimum atomic E-state index is -3.69. The first-order chi connectivity index (χ1) is 14.8. The van der Waals surface area contributed by atoms with Crippen LogP contribution in [0.1, 0.15) is 5.56 Å². The molecule has 0 N–H and O–H groups in total. The highest BCUT2D eigenvalue weighted by atomic mass is 35.5. The summed E-state index contributed by atoms with van der Waals surface area (Å²) >= 11 is 6.00. The number of rotatable bonds is 5. The first kappa shape index (κ1) is 21.7. The van der Waals surface area contributed by atoms with Crippen LogP contribution in [0.2, 0.25) is 5.02 Å². The zero-order valence-corrected chi connectivity index (χ0v) is 18.6. The predicted molar refractivity (Wildman–Crippen MR) is 114 cm³/mol. The van der Waals surface area contributed by atoms with Crippen LogP contribution in [0.3, 0.4) is 0 Å². The summed E-state index contributed by atoms with van der Waals surface area (Å²) in [5.74, 6) is 1.34. The molecule has 2 heterocycles. The Balaban J connectivity index is 1.34. The van der Waals surface area contributed by atoms with E-state index in [-0.39, 0.29) is 30.5 Å². The third-order valence-corrected chi connectivity index (χ3v) is 7.55. The fourth-order valence-corrected chi connectivity index (χ4v) is 5.01. The highest BCUT2D eigenvalue weighted by molar-refractivity contribution is 7.89. The normalized spacial score (nSPS) is 16.8. The fourth-order valence-electron chi connectivity index (χ4n) is 3.45. The maximum Gasteiger partial charge on any atom is 0.260 e. The van der Waals surface area contributed by atoms with Crippen molar-refractivity contribution in [3.05, 3.63) is 47.0 Å². The summed E-state index contributed by atoms with van der Waals surface area (Å²) in [6.07, 6.45) is 0. The molecular formula is C21H23ClN2O6S. The van der Waals surface area contributed by atoms with Gasteiger partial charge >= 0.3 is 0 Å². The molecule has 0 spiro atoms. The summed E-state index contributed by atoms with van der Waals surface area (Å²) in [5.41, 5.74) is 0.865. The molecule has 2 aromatic carbocycles. The van der Waals surface area contributed by atoms with Crippen molar-refractivity contribution in [1.29, 1.82) is 0 Å². The van der Waals surface area contributed by atoms with E-state index in [0.29, 0.717) is 48.6 Å². The van der Waals surface area contributed by atoms with Crippen molar-refractivity contribution in [2.75, 3.05) is 46.0 Å². The number of halogens is 1. The Morgan fingerprint density at radius 2 is 1.74 bits per heavy atom. The van der Waals surface area contributed by atoms with Crippen LogP contribution in [0.5, 0.6) is 17.2 Å². The quantitative estimate of drug-likeness (QED) is 0.672. The smallest absolute Gasteiger partial charge is 0.260 e. The van der Waals surface area contributed by atoms with Crippen molar-refractivity contribution in [3.63, 3.8) is 0 Å². The number of ether oxygens (including phenoxy) is 3. The molecule has 31 heavy (non-hydrogen) atoms. The van der Waals surface area contributed by atoms with E-state index in [2.05, 4.69) is 0 Å². The summed E-state index contributed by atoms with van der Waals surface area (Å²) in [4.78, 5) is 14.2. The van der Waals surface area contributed by atoms with Crippen LogP contribution in [0.25, 0.3) is 0 Å². The first-order valence-electron chi connectivity index (χ1n) is 9.91. The van der Waals surface area contributed by atoms with Crippen LogP contribution in [-0.4, -0.2) is 69.5 Å². The van der Waals surface area contributed by atoms with E-state index in [9.17, 15) is 13.2 Å². The number of nitrogens with zero attached hydrogens (tertiary/aromatic N) is 2. The molecule has 0 radical (unpaired) electrons. The van der Waals surface area contributed by atoms with Crippen molar-refractivity contribution < 1.29 is 27.4 Å². The van der Waals surface area contributed by atoms with Crippen molar-refractivity contribution in [3.8, 4) is 17.2 Å². The van der Waals surface area contributed by atoms with Crippen LogP contribution in [0, 0.1) is 6.92 Å². The molecule has 10 heteroatoms. The van der Waals surface area contributed by atoms with Gasteiger partial charge in [0, 0.05) is 37.3 Å². The van der Waals surface area contributed by atoms with Gasteiger partial charge in [-0.05, 0) is 42.8 Å². The molecule has 0 unspecified atom stereocenters. The number of piperazine rings is 1. The molecule has 2 aromatic rings. The summed E-state index contributed by atoms with van der Waals surface area (Å²) in [7, 11) is -3.69. The molecule has 0 aliphatic carbocycles. The van der Waals surface area contributed by atoms with E-state index in [1.165, 1.54) is 16.4 Å². The van der Waals surface area contributed by atoms with Gasteiger partial charge in [0.25, 0.3) is 5.91 Å². The molecule has 1 saturated heterocycles. The van der Waals surface area contributed by atoms with E-state index >= 15 is 0 Å². The standard InChI is InChI=1S/C21H23ClN2O6S/c1-15-12-16(2-4-18(15)22)30-14-21(25)23-6-8-24(9-7-23)31(26,27)17-3-5-19-20(13-17)29-11-10-28-19/h2-5,12-13H,6-11,14H2,1H3. The monoisotopic (exact) mass is 466 g/mol. The van der Waals surface area contributed by atoms with E-state index in [1.807, 2.05) is 6.92 Å². The molecule has 0 bridgehead atoms. The Bertz CT molecular complexity index is 1080. The molecule has 2 aliphatic heterocycles. The number of aryl methyl sites for hydroxylation is 1. The lowest BCUT2D eigenvalue weighted by molar-refractivity contribution is -0.134. The van der Waals surface area contributed by atoms with E-state index in [1.54, 1.807) is 29.2 Å². The summed E-state index contributed by atoms with van der Waals surface area (Å²) in [6.45, 7) is 3.59. The van der Waals surface area contributed by atoms with Gasteiger partial charge in [0.2, 0.25) is 10.0 Å². The van der Waals surface area contributed by atoms with Crippen molar-refractivity contribution >= 4 is 27.5 Å². The van der Waals surface area contributed by atoms with Gasteiger partial charge in [-0.15, -0.1) is 0 Å². The third kappa shape index (κ3) is 4.73. The lowest BCUT2D eigenvalue weighted by Gasteiger charge is -2.34. The SMILES string of the molecule is Cc1cc(OCC(=O)N2CCN(S(=O)(=O)c3ccc4c(c3)OCCO4)CC2)ccc1Cl. The van der Waals surface area contributed by atoms with Gasteiger partial charge in [0.1, 0.15) is 19.0 Å². The van der Waals surface area contributed by atoms with Gasteiger partial charge in [-0.2, -0.15) is 4.31 Å². The molecule has 0 aromatic heterocycles. The largest absolute Gasteiger partial charge is 0.486 e. The number of benzene rings is 2. The van der Waals surface area contributed by atoms with Crippen molar-refractivity contribution in [1.82, 2.24) is 9.21 Å². The summed E-state index contributed by atoms with van der Waals surface area (Å²) in [6, 6.07) is 9.81. The van der Waals surface area contributed by atoms with Gasteiger partial charge in [-0.3, -0.25) is 4.79 Å². The Hall–Kier alpha value is -2.49. The zero-order valence-electron chi connectivity index (χ0n) is 17.0. The van der Waals surface area contributed by atoms with Crippen LogP contribution in [-0.2, 0) is 14.8 Å². The number of fused-ring (bicyclic) bond motifs is 1. The number of amides is 1. The number of hydrogen-bond acceptors (Lipinski definition) is 6. The van der Waals surface area contributed by atoms with E-state index in [0.717, 1.165) is 5.56 Å². The second-order valence-corrected chi connectivity index (χ2v) is 9.64. The number of hydrogen-bond donors (Lipinski definition) is 0. The van der Waals surface area contributed by atoms with Crippen LogP contribution < -0.4 is 14.2 Å². The molecule has 1 fully saturated rings. The third-order valence-electron chi connectivity index (χ3n) is 5.23.